The summed E-state index contributed by atoms with van der Waals surface area (Å²) in [4.78, 5) is 11.3. The van der Waals surface area contributed by atoms with E-state index in [-0.39, 0.29) is 12.2 Å². The highest BCUT2D eigenvalue weighted by Crippen LogP contribution is 2.24. The topological polar surface area (TPSA) is 116 Å². The van der Waals surface area contributed by atoms with Gasteiger partial charge in [-0.15, -0.1) is 0 Å². The minimum absolute atomic E-state index is 0.110. The second-order valence-corrected chi connectivity index (χ2v) is 5.98. The number of aliphatic hydroxyl groups is 3. The Bertz CT molecular complexity index is 589. The zero-order chi connectivity index (χ0) is 17.0. The van der Waals surface area contributed by atoms with Crippen molar-refractivity contribution in [2.24, 2.45) is 0 Å². The van der Waals surface area contributed by atoms with Gasteiger partial charge in [0, 0.05) is 10.9 Å². The molecule has 0 aliphatic carbocycles. The highest BCUT2D eigenvalue weighted by atomic mass is 79.9. The maximum Gasteiger partial charge on any atom is 0.371 e. The first kappa shape index (κ1) is 17.9. The average Bonchev–Trinajstić information content (AvgIpc) is 2.50. The largest absolute Gasteiger partial charge is 0.475 e. The highest BCUT2D eigenvalue weighted by molar-refractivity contribution is 9.10. The van der Waals surface area contributed by atoms with E-state index in [0.717, 1.165) is 4.47 Å². The first-order chi connectivity index (χ1) is 10.9. The van der Waals surface area contributed by atoms with Crippen LogP contribution in [0.5, 0.6) is 0 Å². The van der Waals surface area contributed by atoms with E-state index in [1.807, 2.05) is 0 Å². The quantitative estimate of drug-likeness (QED) is 0.433. The van der Waals surface area contributed by atoms with Crippen molar-refractivity contribution in [3.63, 3.8) is 0 Å². The lowest BCUT2D eigenvalue weighted by Gasteiger charge is -2.36. The first-order valence-corrected chi connectivity index (χ1v) is 7.69. The second-order valence-electron chi connectivity index (χ2n) is 5.07. The van der Waals surface area contributed by atoms with Crippen LogP contribution in [0, 0.1) is 0 Å². The van der Waals surface area contributed by atoms with E-state index in [9.17, 15) is 20.1 Å². The van der Waals surface area contributed by atoms with Gasteiger partial charge in [-0.25, -0.2) is 4.79 Å². The molecule has 0 bridgehead atoms. The minimum Gasteiger partial charge on any atom is -0.475 e. The van der Waals surface area contributed by atoms with Crippen molar-refractivity contribution < 1.29 is 34.7 Å². The van der Waals surface area contributed by atoms with Gasteiger partial charge in [-0.1, -0.05) is 28.1 Å². The number of aliphatic carboxylic acids is 1. The lowest BCUT2D eigenvalue weighted by molar-refractivity contribution is -0.246. The third kappa shape index (κ3) is 4.76. The fourth-order valence-electron chi connectivity index (χ4n) is 2.18. The maximum atomic E-state index is 11.3. The molecule has 1 heterocycles. The zero-order valence-electron chi connectivity index (χ0n) is 12.0. The van der Waals surface area contributed by atoms with Crippen molar-refractivity contribution in [1.29, 1.82) is 0 Å². The van der Waals surface area contributed by atoms with Crippen LogP contribution in [0.1, 0.15) is 12.0 Å². The van der Waals surface area contributed by atoms with Crippen LogP contribution in [-0.4, -0.2) is 57.6 Å². The molecule has 1 aromatic rings. The lowest BCUT2D eigenvalue weighted by atomic mass is 10.0. The molecule has 8 heteroatoms. The SMILES string of the molecule is O=C(O)/C(=C/c1cccc(Br)c1)OC1CC(O)[C@@H](O)C(CO)O1. The summed E-state index contributed by atoms with van der Waals surface area (Å²) in [6.07, 6.45) is -3.33. The van der Waals surface area contributed by atoms with Crippen LogP contribution < -0.4 is 0 Å². The highest BCUT2D eigenvalue weighted by Gasteiger charge is 2.38. The molecule has 3 unspecified atom stereocenters. The summed E-state index contributed by atoms with van der Waals surface area (Å²) in [5, 5.41) is 37.7. The van der Waals surface area contributed by atoms with Gasteiger partial charge in [0.1, 0.15) is 12.2 Å². The van der Waals surface area contributed by atoms with E-state index in [4.69, 9.17) is 14.6 Å². The molecule has 1 fully saturated rings. The third-order valence-electron chi connectivity index (χ3n) is 3.33. The molecule has 0 aromatic heterocycles. The van der Waals surface area contributed by atoms with Crippen molar-refractivity contribution in [1.82, 2.24) is 0 Å². The number of carbonyl (C=O) groups is 1. The summed E-state index contributed by atoms with van der Waals surface area (Å²) in [7, 11) is 0. The van der Waals surface area contributed by atoms with E-state index in [1.165, 1.54) is 6.08 Å². The maximum absolute atomic E-state index is 11.3. The van der Waals surface area contributed by atoms with Gasteiger partial charge in [0.05, 0.1) is 12.7 Å². The van der Waals surface area contributed by atoms with Crippen LogP contribution in [0.2, 0.25) is 0 Å². The van der Waals surface area contributed by atoms with Crippen molar-refractivity contribution in [3.05, 3.63) is 40.1 Å². The van der Waals surface area contributed by atoms with Crippen LogP contribution in [0.4, 0.5) is 0 Å². The predicted octanol–water partition coefficient (Wildman–Crippen LogP) is 0.720. The molecule has 23 heavy (non-hydrogen) atoms. The monoisotopic (exact) mass is 388 g/mol. The Morgan fingerprint density at radius 3 is 2.78 bits per heavy atom. The van der Waals surface area contributed by atoms with E-state index < -0.39 is 37.2 Å². The Morgan fingerprint density at radius 1 is 1.43 bits per heavy atom. The molecule has 0 spiro atoms. The molecular weight excluding hydrogens is 372 g/mol. The Morgan fingerprint density at radius 2 is 2.17 bits per heavy atom. The Kier molecular flexibility index (Phi) is 6.14. The molecule has 126 valence electrons. The number of rotatable bonds is 5. The number of carboxylic acid groups (broad SMARTS) is 1. The predicted molar refractivity (Wildman–Crippen MR) is 83.2 cm³/mol. The Hall–Kier alpha value is -1.45. The molecule has 0 saturated carbocycles. The van der Waals surface area contributed by atoms with Gasteiger partial charge in [0.2, 0.25) is 12.0 Å². The molecule has 2 rings (SSSR count). The van der Waals surface area contributed by atoms with Gasteiger partial charge in [-0.05, 0) is 23.8 Å². The van der Waals surface area contributed by atoms with Crippen molar-refractivity contribution in [2.45, 2.75) is 31.0 Å². The van der Waals surface area contributed by atoms with E-state index >= 15 is 0 Å². The van der Waals surface area contributed by atoms with Gasteiger partial charge in [0.25, 0.3) is 0 Å². The van der Waals surface area contributed by atoms with Gasteiger partial charge in [-0.2, -0.15) is 0 Å². The van der Waals surface area contributed by atoms with Crippen molar-refractivity contribution in [3.8, 4) is 0 Å². The average molecular weight is 389 g/mol. The number of carboxylic acids is 1. The molecule has 4 N–H and O–H groups in total. The van der Waals surface area contributed by atoms with Gasteiger partial charge in [0.15, 0.2) is 0 Å². The van der Waals surface area contributed by atoms with Crippen LogP contribution in [-0.2, 0) is 14.3 Å². The number of hydrogen-bond donors (Lipinski definition) is 4. The Balaban J connectivity index is 2.15. The fraction of sp³-hybridized carbons (Fsp3) is 0.400. The standard InChI is InChI=1S/C15H17BrO7/c16-9-3-1-2-8(4-9)5-11(15(20)21)22-13-6-10(18)14(19)12(7-17)23-13/h1-5,10,12-14,17-19H,6-7H2,(H,20,21)/b11-5-/t10?,12?,13?,14-/m1/s1. The third-order valence-corrected chi connectivity index (χ3v) is 3.82. The zero-order valence-corrected chi connectivity index (χ0v) is 13.6. The molecule has 1 aromatic carbocycles. The number of ether oxygens (including phenoxy) is 2. The molecule has 1 saturated heterocycles. The molecule has 1 aliphatic rings. The van der Waals surface area contributed by atoms with Gasteiger partial charge >= 0.3 is 5.97 Å². The molecule has 4 atom stereocenters. The van der Waals surface area contributed by atoms with Crippen LogP contribution in [0.3, 0.4) is 0 Å². The normalized spacial score (nSPS) is 28.4. The van der Waals surface area contributed by atoms with Crippen molar-refractivity contribution >= 4 is 28.0 Å². The fourth-order valence-corrected chi connectivity index (χ4v) is 2.59. The smallest absolute Gasteiger partial charge is 0.371 e. The van der Waals surface area contributed by atoms with Crippen LogP contribution in [0.25, 0.3) is 6.08 Å². The first-order valence-electron chi connectivity index (χ1n) is 6.90. The molecule has 0 amide bonds. The number of aliphatic hydroxyl groups excluding tert-OH is 3. The molecular formula is C15H17BrO7. The van der Waals surface area contributed by atoms with Gasteiger partial charge < -0.3 is 29.9 Å². The van der Waals surface area contributed by atoms with E-state index in [0.29, 0.717) is 5.56 Å². The van der Waals surface area contributed by atoms with Crippen LogP contribution >= 0.6 is 15.9 Å². The summed E-state index contributed by atoms with van der Waals surface area (Å²) >= 11 is 3.29. The van der Waals surface area contributed by atoms with E-state index in [2.05, 4.69) is 15.9 Å². The van der Waals surface area contributed by atoms with Crippen LogP contribution in [0.15, 0.2) is 34.5 Å². The summed E-state index contributed by atoms with van der Waals surface area (Å²) in [6.45, 7) is -0.518. The summed E-state index contributed by atoms with van der Waals surface area (Å²) in [6, 6.07) is 6.96. The summed E-state index contributed by atoms with van der Waals surface area (Å²) < 4.78 is 11.3. The number of benzene rings is 1. The molecule has 7 nitrogen and oxygen atoms in total. The molecule has 0 radical (unpaired) electrons. The minimum atomic E-state index is -1.30. The molecule has 1 aliphatic heterocycles. The lowest BCUT2D eigenvalue weighted by Crippen LogP contribution is -2.50. The summed E-state index contributed by atoms with van der Waals surface area (Å²) in [5.74, 6) is -1.66. The van der Waals surface area contributed by atoms with E-state index in [1.54, 1.807) is 24.3 Å². The Labute approximate surface area is 140 Å². The number of hydrogen-bond acceptors (Lipinski definition) is 6. The second kappa shape index (κ2) is 7.89. The van der Waals surface area contributed by atoms with Gasteiger partial charge in [-0.3, -0.25) is 0 Å². The summed E-state index contributed by atoms with van der Waals surface area (Å²) in [5.41, 5.74) is 0.604. The number of halogens is 1. The van der Waals surface area contributed by atoms with Crippen molar-refractivity contribution in [2.75, 3.05) is 6.61 Å².